The van der Waals surface area contributed by atoms with Crippen LogP contribution in [0.3, 0.4) is 0 Å². The van der Waals surface area contributed by atoms with Crippen LogP contribution in [0.5, 0.6) is 0 Å². The molecule has 2 fully saturated rings. The van der Waals surface area contributed by atoms with E-state index in [4.69, 9.17) is 0 Å². The second-order valence-electron chi connectivity index (χ2n) is 6.18. The normalized spacial score (nSPS) is 27.6. The Kier molecular flexibility index (Phi) is 5.95. The molecule has 0 radical (unpaired) electrons. The van der Waals surface area contributed by atoms with Crippen molar-refractivity contribution in [1.82, 2.24) is 20.9 Å². The molecule has 6 nitrogen and oxygen atoms in total. The van der Waals surface area contributed by atoms with Crippen LogP contribution in [0.1, 0.15) is 54.4 Å². The molecule has 20 heavy (non-hydrogen) atoms. The Morgan fingerprint density at radius 1 is 0.850 bits per heavy atom. The number of hydrogen-bond donors (Lipinski definition) is 2. The Bertz CT molecular complexity index is 323. The van der Waals surface area contributed by atoms with Crippen molar-refractivity contribution in [3.8, 4) is 0 Å². The molecule has 0 spiro atoms. The Morgan fingerprint density at radius 3 is 1.25 bits per heavy atom. The zero-order valence-corrected chi connectivity index (χ0v) is 13.4. The van der Waals surface area contributed by atoms with E-state index in [2.05, 4.69) is 52.4 Å². The maximum atomic E-state index is 10.8. The summed E-state index contributed by atoms with van der Waals surface area (Å²) in [5.74, 6) is 0.280. The summed E-state index contributed by atoms with van der Waals surface area (Å²) in [5, 5.41) is 3.98. The first-order valence-electron chi connectivity index (χ1n) is 7.38. The topological polar surface area (TPSA) is 64.7 Å². The van der Waals surface area contributed by atoms with Crippen molar-refractivity contribution in [1.29, 1.82) is 0 Å². The Hall–Kier alpha value is -1.14. The van der Waals surface area contributed by atoms with Gasteiger partial charge in [0.2, 0.25) is 11.8 Å². The quantitative estimate of drug-likeness (QED) is 0.795. The molecule has 6 heteroatoms. The van der Waals surface area contributed by atoms with Gasteiger partial charge in [-0.15, -0.1) is 0 Å². The standard InChI is InChI=1S/2C7H14N2O/c2*1-5(2)9-6(3)4-7(10)8-9/h2*5-6H,4H2,1-3H3,(H,8,10). The number of rotatable bonds is 2. The molecule has 0 aromatic rings. The fraction of sp³-hybridized carbons (Fsp3) is 0.857. The van der Waals surface area contributed by atoms with Crippen LogP contribution >= 0.6 is 0 Å². The third-order valence-electron chi connectivity index (χ3n) is 3.53. The summed E-state index contributed by atoms with van der Waals surface area (Å²) in [4.78, 5) is 21.6. The highest BCUT2D eigenvalue weighted by Crippen LogP contribution is 2.12. The fourth-order valence-corrected chi connectivity index (χ4v) is 2.61. The van der Waals surface area contributed by atoms with Crippen molar-refractivity contribution in [2.75, 3.05) is 0 Å². The first-order valence-corrected chi connectivity index (χ1v) is 7.38. The van der Waals surface area contributed by atoms with Crippen molar-refractivity contribution >= 4 is 11.8 Å². The first-order chi connectivity index (χ1) is 9.22. The fourth-order valence-electron chi connectivity index (χ4n) is 2.61. The average molecular weight is 284 g/mol. The predicted octanol–water partition coefficient (Wildman–Crippen LogP) is 1.04. The van der Waals surface area contributed by atoms with Crippen molar-refractivity contribution in [2.45, 2.75) is 78.6 Å². The minimum Gasteiger partial charge on any atom is -0.288 e. The van der Waals surface area contributed by atoms with Gasteiger partial charge in [-0.1, -0.05) is 0 Å². The van der Waals surface area contributed by atoms with Crippen molar-refractivity contribution < 1.29 is 9.59 Å². The van der Waals surface area contributed by atoms with Gasteiger partial charge in [-0.25, -0.2) is 10.0 Å². The van der Waals surface area contributed by atoms with Crippen molar-refractivity contribution in [3.63, 3.8) is 0 Å². The lowest BCUT2D eigenvalue weighted by Crippen LogP contribution is -2.42. The molecule has 2 N–H and O–H groups in total. The Morgan fingerprint density at radius 2 is 1.15 bits per heavy atom. The third-order valence-corrected chi connectivity index (χ3v) is 3.53. The number of nitrogens with one attached hydrogen (secondary N) is 2. The number of carbonyl (C=O) groups excluding carboxylic acids is 2. The predicted molar refractivity (Wildman–Crippen MR) is 78.4 cm³/mol. The van der Waals surface area contributed by atoms with Crippen LogP contribution in [0, 0.1) is 0 Å². The molecular formula is C14H28N4O2. The van der Waals surface area contributed by atoms with Crippen LogP contribution in [-0.4, -0.2) is 46.0 Å². The van der Waals surface area contributed by atoms with E-state index in [1.54, 1.807) is 0 Å². The molecule has 116 valence electrons. The van der Waals surface area contributed by atoms with E-state index in [0.717, 1.165) is 0 Å². The van der Waals surface area contributed by atoms with E-state index in [9.17, 15) is 9.59 Å². The highest BCUT2D eigenvalue weighted by molar-refractivity contribution is 5.78. The minimum atomic E-state index is 0.140. The molecule has 2 aliphatic rings. The molecule has 2 heterocycles. The third kappa shape index (κ3) is 4.45. The van der Waals surface area contributed by atoms with E-state index in [0.29, 0.717) is 37.0 Å². The molecular weight excluding hydrogens is 256 g/mol. The number of amides is 2. The average Bonchev–Trinajstić information content (AvgIpc) is 2.82. The lowest BCUT2D eigenvalue weighted by Gasteiger charge is -2.23. The van der Waals surface area contributed by atoms with Gasteiger partial charge in [-0.3, -0.25) is 20.4 Å². The molecule has 0 aliphatic carbocycles. The number of hydrogen-bond acceptors (Lipinski definition) is 4. The first kappa shape index (κ1) is 16.9. The maximum Gasteiger partial charge on any atom is 0.235 e. The summed E-state index contributed by atoms with van der Waals surface area (Å²) in [6.07, 6.45) is 1.27. The Labute approximate surface area is 121 Å². The monoisotopic (exact) mass is 284 g/mol. The lowest BCUT2D eigenvalue weighted by molar-refractivity contribution is -0.122. The number of nitrogens with zero attached hydrogens (tertiary/aromatic N) is 2. The highest BCUT2D eigenvalue weighted by Gasteiger charge is 2.28. The van der Waals surface area contributed by atoms with Crippen LogP contribution in [0.15, 0.2) is 0 Å². The van der Waals surface area contributed by atoms with Gasteiger partial charge in [0.1, 0.15) is 0 Å². The van der Waals surface area contributed by atoms with Gasteiger partial charge in [-0.2, -0.15) is 0 Å². The van der Waals surface area contributed by atoms with E-state index >= 15 is 0 Å². The molecule has 2 saturated heterocycles. The van der Waals surface area contributed by atoms with Crippen LogP contribution in [-0.2, 0) is 9.59 Å². The molecule has 2 amide bonds. The highest BCUT2D eigenvalue weighted by atomic mass is 16.2. The van der Waals surface area contributed by atoms with Crippen LogP contribution < -0.4 is 10.9 Å². The van der Waals surface area contributed by atoms with Gasteiger partial charge >= 0.3 is 0 Å². The molecule has 2 rings (SSSR count). The zero-order chi connectivity index (χ0) is 15.4. The molecule has 0 bridgehead atoms. The van der Waals surface area contributed by atoms with E-state index in [1.165, 1.54) is 0 Å². The molecule has 2 aliphatic heterocycles. The van der Waals surface area contributed by atoms with Crippen LogP contribution in [0.2, 0.25) is 0 Å². The second-order valence-corrected chi connectivity index (χ2v) is 6.18. The summed E-state index contributed by atoms with van der Waals surface area (Å²) in [6, 6.07) is 1.52. The molecule has 2 atom stereocenters. The van der Waals surface area contributed by atoms with Crippen LogP contribution in [0.25, 0.3) is 0 Å². The largest absolute Gasteiger partial charge is 0.288 e. The SMILES string of the molecule is CC(C)N1NC(=O)CC1C.CC(C)N1NC(=O)CC1C. The second kappa shape index (κ2) is 7.04. The molecule has 0 aromatic carbocycles. The van der Waals surface area contributed by atoms with Gasteiger partial charge in [0.25, 0.3) is 0 Å². The van der Waals surface area contributed by atoms with Gasteiger partial charge in [0.15, 0.2) is 0 Å². The summed E-state index contributed by atoms with van der Waals surface area (Å²) in [5.41, 5.74) is 5.59. The summed E-state index contributed by atoms with van der Waals surface area (Å²) < 4.78 is 0. The van der Waals surface area contributed by atoms with E-state index in [1.807, 2.05) is 10.0 Å². The smallest absolute Gasteiger partial charge is 0.235 e. The van der Waals surface area contributed by atoms with Gasteiger partial charge < -0.3 is 0 Å². The van der Waals surface area contributed by atoms with Crippen LogP contribution in [0.4, 0.5) is 0 Å². The minimum absolute atomic E-state index is 0.140. The zero-order valence-electron chi connectivity index (χ0n) is 13.4. The summed E-state index contributed by atoms with van der Waals surface area (Å²) in [7, 11) is 0. The number of carbonyl (C=O) groups is 2. The molecule has 2 unspecified atom stereocenters. The van der Waals surface area contributed by atoms with E-state index in [-0.39, 0.29) is 11.8 Å². The molecule has 0 saturated carbocycles. The van der Waals surface area contributed by atoms with Crippen molar-refractivity contribution in [3.05, 3.63) is 0 Å². The number of hydrazine groups is 2. The van der Waals surface area contributed by atoms with Crippen molar-refractivity contribution in [2.24, 2.45) is 0 Å². The summed E-state index contributed by atoms with van der Waals surface area (Å²) >= 11 is 0. The lowest BCUT2D eigenvalue weighted by atomic mass is 10.2. The summed E-state index contributed by atoms with van der Waals surface area (Å²) in [6.45, 7) is 12.4. The van der Waals surface area contributed by atoms with Gasteiger partial charge in [0.05, 0.1) is 0 Å². The molecule has 0 aromatic heterocycles. The maximum absolute atomic E-state index is 10.8. The Balaban J connectivity index is 0.000000200. The van der Waals surface area contributed by atoms with Gasteiger partial charge in [0, 0.05) is 37.0 Å². The van der Waals surface area contributed by atoms with Gasteiger partial charge in [-0.05, 0) is 41.5 Å². The van der Waals surface area contributed by atoms with E-state index < -0.39 is 0 Å².